The second kappa shape index (κ2) is 10.1. The summed E-state index contributed by atoms with van der Waals surface area (Å²) in [6.45, 7) is 13.2. The maximum absolute atomic E-state index is 11.1. The number of halogens is 1. The highest BCUT2D eigenvalue weighted by Gasteiger charge is 2.21. The molecule has 1 atom stereocenters. The number of nitrogens with zero attached hydrogens (tertiary/aromatic N) is 3. The van der Waals surface area contributed by atoms with Crippen LogP contribution in [0.15, 0.2) is 71.2 Å². The molecule has 1 aromatic heterocycles. The van der Waals surface area contributed by atoms with Crippen molar-refractivity contribution in [2.24, 2.45) is 0 Å². The number of rotatable bonds is 6. The number of aliphatic hydroxyl groups excluding tert-OH is 1. The summed E-state index contributed by atoms with van der Waals surface area (Å²) in [4.78, 5) is 4.94. The van der Waals surface area contributed by atoms with Crippen molar-refractivity contribution in [3.8, 4) is 0 Å². The summed E-state index contributed by atoms with van der Waals surface area (Å²) in [5.41, 5.74) is 5.32. The molecule has 184 valence electrons. The topological polar surface area (TPSA) is 31.6 Å². The second-order valence-electron chi connectivity index (χ2n) is 11.0. The molecule has 35 heavy (non-hydrogen) atoms. The van der Waals surface area contributed by atoms with Crippen LogP contribution in [0.1, 0.15) is 31.9 Å². The van der Waals surface area contributed by atoms with E-state index in [2.05, 4.69) is 118 Å². The number of fused-ring (bicyclic) bond motifs is 3. The van der Waals surface area contributed by atoms with E-state index >= 15 is 0 Å². The number of piperazine rings is 1. The monoisotopic (exact) mass is 533 g/mol. The molecule has 0 spiro atoms. The zero-order chi connectivity index (χ0) is 24.6. The van der Waals surface area contributed by atoms with Crippen LogP contribution in [0.4, 0.5) is 0 Å². The molecular formula is C30H36BrN3O. The molecule has 0 amide bonds. The molecule has 3 aromatic carbocycles. The number of β-amino-alcohol motifs (C(OH)–C–C–N with tert-alkyl or cyclic N) is 1. The first-order chi connectivity index (χ1) is 16.8. The SMILES string of the molecule is CC(C)(C)c1ccc(CN2CCN(CC(O)Cn3c4ccccc4c4cc(Br)ccc43)CC2)cc1. The first-order valence-corrected chi connectivity index (χ1v) is 13.5. The van der Waals surface area contributed by atoms with Crippen molar-refractivity contribution >= 4 is 37.7 Å². The summed E-state index contributed by atoms with van der Waals surface area (Å²) in [6, 6.07) is 24.0. The van der Waals surface area contributed by atoms with E-state index in [4.69, 9.17) is 0 Å². The van der Waals surface area contributed by atoms with Gasteiger partial charge in [0.1, 0.15) is 0 Å². The van der Waals surface area contributed by atoms with Crippen LogP contribution in [0, 0.1) is 0 Å². The zero-order valence-electron chi connectivity index (χ0n) is 21.0. The molecule has 0 radical (unpaired) electrons. The van der Waals surface area contributed by atoms with Crippen LogP contribution in [-0.2, 0) is 18.5 Å². The van der Waals surface area contributed by atoms with Gasteiger partial charge in [-0.3, -0.25) is 9.80 Å². The highest BCUT2D eigenvalue weighted by Crippen LogP contribution is 2.31. The Morgan fingerprint density at radius 1 is 0.800 bits per heavy atom. The Hall–Kier alpha value is -2.18. The van der Waals surface area contributed by atoms with E-state index in [1.54, 1.807) is 0 Å². The van der Waals surface area contributed by atoms with Crippen molar-refractivity contribution in [1.29, 1.82) is 0 Å². The van der Waals surface area contributed by atoms with Crippen molar-refractivity contribution in [3.63, 3.8) is 0 Å². The molecule has 1 N–H and O–H groups in total. The molecule has 0 saturated carbocycles. The lowest BCUT2D eigenvalue weighted by Crippen LogP contribution is -2.48. The highest BCUT2D eigenvalue weighted by atomic mass is 79.9. The normalized spacial score (nSPS) is 16.8. The van der Waals surface area contributed by atoms with Crippen LogP contribution >= 0.6 is 15.9 Å². The Balaban J connectivity index is 1.18. The van der Waals surface area contributed by atoms with E-state index < -0.39 is 6.10 Å². The van der Waals surface area contributed by atoms with Crippen molar-refractivity contribution in [1.82, 2.24) is 14.4 Å². The van der Waals surface area contributed by atoms with Crippen molar-refractivity contribution < 1.29 is 5.11 Å². The molecule has 0 aliphatic carbocycles. The van der Waals surface area contributed by atoms with Crippen molar-refractivity contribution in [2.75, 3.05) is 32.7 Å². The van der Waals surface area contributed by atoms with E-state index in [0.29, 0.717) is 13.1 Å². The molecular weight excluding hydrogens is 498 g/mol. The van der Waals surface area contributed by atoms with E-state index in [-0.39, 0.29) is 5.41 Å². The molecule has 5 rings (SSSR count). The fourth-order valence-corrected chi connectivity index (χ4v) is 5.65. The lowest BCUT2D eigenvalue weighted by Gasteiger charge is -2.35. The molecule has 1 unspecified atom stereocenters. The quantitative estimate of drug-likeness (QED) is 0.328. The highest BCUT2D eigenvalue weighted by molar-refractivity contribution is 9.10. The Kier molecular flexibility index (Phi) is 7.04. The third kappa shape index (κ3) is 5.49. The molecule has 1 fully saturated rings. The average molecular weight is 535 g/mol. The van der Waals surface area contributed by atoms with Gasteiger partial charge in [-0.25, -0.2) is 0 Å². The zero-order valence-corrected chi connectivity index (χ0v) is 22.6. The average Bonchev–Trinajstić information content (AvgIpc) is 3.13. The van der Waals surface area contributed by atoms with E-state index in [1.165, 1.54) is 32.9 Å². The second-order valence-corrected chi connectivity index (χ2v) is 11.9. The Labute approximate surface area is 217 Å². The number of para-hydroxylation sites is 1. The van der Waals surface area contributed by atoms with Crippen LogP contribution in [0.3, 0.4) is 0 Å². The Morgan fingerprint density at radius 2 is 1.46 bits per heavy atom. The molecule has 2 heterocycles. The summed E-state index contributed by atoms with van der Waals surface area (Å²) in [5, 5.41) is 13.5. The first-order valence-electron chi connectivity index (χ1n) is 12.7. The smallest absolute Gasteiger partial charge is 0.0845 e. The van der Waals surface area contributed by atoms with Crippen LogP contribution in [-0.4, -0.2) is 58.3 Å². The number of benzene rings is 3. The van der Waals surface area contributed by atoms with Crippen molar-refractivity contribution in [2.45, 2.75) is 45.4 Å². The maximum atomic E-state index is 11.1. The van der Waals surface area contributed by atoms with Crippen LogP contribution < -0.4 is 0 Å². The molecule has 1 aliphatic heterocycles. The fourth-order valence-electron chi connectivity index (χ4n) is 5.29. The van der Waals surface area contributed by atoms with Gasteiger partial charge in [-0.15, -0.1) is 0 Å². The molecule has 1 saturated heterocycles. The van der Waals surface area contributed by atoms with Crippen LogP contribution in [0.2, 0.25) is 0 Å². The minimum atomic E-state index is -0.408. The standard InChI is InChI=1S/C30H36BrN3O/c1-30(2,3)23-10-8-22(9-11-23)19-32-14-16-33(17-15-32)20-25(35)21-34-28-7-5-4-6-26(28)27-18-24(31)12-13-29(27)34/h4-13,18,25,35H,14-17,19-21H2,1-3H3. The summed E-state index contributed by atoms with van der Waals surface area (Å²) in [5.74, 6) is 0. The number of aromatic nitrogens is 1. The van der Waals surface area contributed by atoms with Gasteiger partial charge in [0.25, 0.3) is 0 Å². The summed E-state index contributed by atoms with van der Waals surface area (Å²) < 4.78 is 3.36. The lowest BCUT2D eigenvalue weighted by atomic mass is 9.87. The lowest BCUT2D eigenvalue weighted by molar-refractivity contribution is 0.0634. The Morgan fingerprint density at radius 3 is 2.17 bits per heavy atom. The molecule has 5 heteroatoms. The summed E-state index contributed by atoms with van der Waals surface area (Å²) in [7, 11) is 0. The number of hydrogen-bond acceptors (Lipinski definition) is 3. The largest absolute Gasteiger partial charge is 0.390 e. The van der Waals surface area contributed by atoms with Gasteiger partial charge in [-0.05, 0) is 40.8 Å². The summed E-state index contributed by atoms with van der Waals surface area (Å²) >= 11 is 3.61. The van der Waals surface area contributed by atoms with Gasteiger partial charge >= 0.3 is 0 Å². The predicted molar refractivity (Wildman–Crippen MR) is 150 cm³/mol. The number of hydrogen-bond donors (Lipinski definition) is 1. The predicted octanol–water partition coefficient (Wildman–Crippen LogP) is 6.03. The minimum Gasteiger partial charge on any atom is -0.390 e. The van der Waals surface area contributed by atoms with Gasteiger partial charge in [0.05, 0.1) is 12.6 Å². The van der Waals surface area contributed by atoms with Gasteiger partial charge in [-0.1, -0.05) is 79.2 Å². The van der Waals surface area contributed by atoms with Gasteiger partial charge < -0.3 is 9.67 Å². The molecule has 4 aromatic rings. The van der Waals surface area contributed by atoms with E-state index in [0.717, 1.165) is 37.2 Å². The molecule has 0 bridgehead atoms. The first kappa shape index (κ1) is 24.5. The molecule has 1 aliphatic rings. The van der Waals surface area contributed by atoms with E-state index in [1.807, 2.05) is 0 Å². The van der Waals surface area contributed by atoms with Crippen LogP contribution in [0.25, 0.3) is 21.8 Å². The van der Waals surface area contributed by atoms with Gasteiger partial charge in [0, 0.05) is 65.5 Å². The maximum Gasteiger partial charge on any atom is 0.0845 e. The van der Waals surface area contributed by atoms with Gasteiger partial charge in [0.15, 0.2) is 0 Å². The van der Waals surface area contributed by atoms with Crippen molar-refractivity contribution in [3.05, 3.63) is 82.3 Å². The van der Waals surface area contributed by atoms with Gasteiger partial charge in [0.2, 0.25) is 0 Å². The fraction of sp³-hybridized carbons (Fsp3) is 0.400. The van der Waals surface area contributed by atoms with Crippen LogP contribution in [0.5, 0.6) is 0 Å². The summed E-state index contributed by atoms with van der Waals surface area (Å²) in [6.07, 6.45) is -0.408. The van der Waals surface area contributed by atoms with Gasteiger partial charge in [-0.2, -0.15) is 0 Å². The third-order valence-electron chi connectivity index (χ3n) is 7.29. The third-order valence-corrected chi connectivity index (χ3v) is 7.78. The number of aliphatic hydroxyl groups is 1. The Bertz CT molecular complexity index is 1300. The molecule has 4 nitrogen and oxygen atoms in total. The minimum absolute atomic E-state index is 0.196. The van der Waals surface area contributed by atoms with E-state index in [9.17, 15) is 5.11 Å².